The molecule has 2 unspecified atom stereocenters. The highest BCUT2D eigenvalue weighted by molar-refractivity contribution is 6.21. The number of hydrogen-bond acceptors (Lipinski definition) is 5. The van der Waals surface area contributed by atoms with E-state index in [1.165, 1.54) is 12.0 Å². The summed E-state index contributed by atoms with van der Waals surface area (Å²) in [6, 6.07) is 4.49. The number of hydrogen-bond donors (Lipinski definition) is 2. The standard InChI is InChI=1S/C22H29N3O5/c1-3-4-5-6-7-18(26)23-13-14-8-9-15-16(12-14)22(29)25(21(15)28)17-10-11-19(27)24-20(17)30-2/h8-9,12,17,20H,3-7,10-11,13H2,1-2H3,(H,23,26)(H,24,27). The molecule has 2 heterocycles. The molecule has 2 aliphatic rings. The van der Waals surface area contributed by atoms with Gasteiger partial charge in [0.05, 0.1) is 17.2 Å². The lowest BCUT2D eigenvalue weighted by molar-refractivity contribution is -0.130. The van der Waals surface area contributed by atoms with E-state index >= 15 is 0 Å². The summed E-state index contributed by atoms with van der Waals surface area (Å²) in [4.78, 5) is 50.7. The Morgan fingerprint density at radius 1 is 1.17 bits per heavy atom. The molecular weight excluding hydrogens is 386 g/mol. The van der Waals surface area contributed by atoms with Gasteiger partial charge in [-0.3, -0.25) is 24.1 Å². The molecule has 4 amide bonds. The Balaban J connectivity index is 1.65. The number of carbonyl (C=O) groups excluding carboxylic acids is 4. The number of nitrogens with zero attached hydrogens (tertiary/aromatic N) is 1. The largest absolute Gasteiger partial charge is 0.360 e. The first-order valence-corrected chi connectivity index (χ1v) is 10.6. The van der Waals surface area contributed by atoms with E-state index < -0.39 is 18.2 Å². The van der Waals surface area contributed by atoms with Crippen molar-refractivity contribution < 1.29 is 23.9 Å². The van der Waals surface area contributed by atoms with Crippen LogP contribution in [0.1, 0.15) is 78.1 Å². The number of carbonyl (C=O) groups is 4. The van der Waals surface area contributed by atoms with Crippen LogP contribution in [0.15, 0.2) is 18.2 Å². The smallest absolute Gasteiger partial charge is 0.261 e. The third-order valence-electron chi connectivity index (χ3n) is 5.63. The number of unbranched alkanes of at least 4 members (excludes halogenated alkanes) is 3. The van der Waals surface area contributed by atoms with Crippen LogP contribution in [0, 0.1) is 0 Å². The number of imide groups is 1. The molecule has 0 radical (unpaired) electrons. The highest BCUT2D eigenvalue weighted by atomic mass is 16.5. The van der Waals surface area contributed by atoms with Crippen LogP contribution in [0.2, 0.25) is 0 Å². The molecule has 0 spiro atoms. The van der Waals surface area contributed by atoms with Gasteiger partial charge in [0.15, 0.2) is 6.23 Å². The molecule has 8 nitrogen and oxygen atoms in total. The zero-order valence-corrected chi connectivity index (χ0v) is 17.5. The number of benzene rings is 1. The molecule has 0 bridgehead atoms. The van der Waals surface area contributed by atoms with Crippen molar-refractivity contribution >= 4 is 23.6 Å². The Labute approximate surface area is 176 Å². The summed E-state index contributed by atoms with van der Waals surface area (Å²) in [5.41, 5.74) is 1.42. The Kier molecular flexibility index (Phi) is 7.20. The van der Waals surface area contributed by atoms with Gasteiger partial charge in [-0.1, -0.05) is 32.3 Å². The molecular formula is C22H29N3O5. The Bertz CT molecular complexity index is 838. The van der Waals surface area contributed by atoms with Crippen LogP contribution >= 0.6 is 0 Å². The maximum atomic E-state index is 13.0. The molecule has 1 aromatic carbocycles. The zero-order chi connectivity index (χ0) is 21.7. The van der Waals surface area contributed by atoms with E-state index in [1.54, 1.807) is 18.2 Å². The lowest BCUT2D eigenvalue weighted by atomic mass is 10.0. The monoisotopic (exact) mass is 415 g/mol. The Hall–Kier alpha value is -2.74. The van der Waals surface area contributed by atoms with Crippen molar-refractivity contribution in [3.05, 3.63) is 34.9 Å². The number of nitrogens with one attached hydrogen (secondary N) is 2. The molecule has 1 aromatic rings. The normalized spacial score (nSPS) is 20.9. The first-order valence-electron chi connectivity index (χ1n) is 10.6. The predicted molar refractivity (Wildman–Crippen MR) is 110 cm³/mol. The van der Waals surface area contributed by atoms with E-state index in [0.29, 0.717) is 30.5 Å². The summed E-state index contributed by atoms with van der Waals surface area (Å²) in [5.74, 6) is -0.963. The molecule has 3 rings (SSSR count). The lowest BCUT2D eigenvalue weighted by Crippen LogP contribution is -2.57. The minimum absolute atomic E-state index is 0.0171. The average molecular weight is 415 g/mol. The minimum Gasteiger partial charge on any atom is -0.360 e. The molecule has 8 heteroatoms. The van der Waals surface area contributed by atoms with Crippen molar-refractivity contribution in [1.29, 1.82) is 0 Å². The van der Waals surface area contributed by atoms with Crippen molar-refractivity contribution in [3.8, 4) is 0 Å². The lowest BCUT2D eigenvalue weighted by Gasteiger charge is -2.35. The maximum Gasteiger partial charge on any atom is 0.261 e. The van der Waals surface area contributed by atoms with Gasteiger partial charge in [0, 0.05) is 26.5 Å². The van der Waals surface area contributed by atoms with Crippen LogP contribution in [0.4, 0.5) is 0 Å². The third kappa shape index (κ3) is 4.70. The molecule has 1 saturated heterocycles. The van der Waals surface area contributed by atoms with Gasteiger partial charge in [0.25, 0.3) is 11.8 Å². The van der Waals surface area contributed by atoms with Gasteiger partial charge in [0.2, 0.25) is 11.8 Å². The summed E-state index contributed by atoms with van der Waals surface area (Å²) < 4.78 is 5.29. The summed E-state index contributed by atoms with van der Waals surface area (Å²) in [6.45, 7) is 2.43. The molecule has 0 aliphatic carbocycles. The van der Waals surface area contributed by atoms with E-state index in [4.69, 9.17) is 4.74 Å². The number of fused-ring (bicyclic) bond motifs is 1. The number of amides is 4. The van der Waals surface area contributed by atoms with Crippen LogP contribution in [0.5, 0.6) is 0 Å². The number of ether oxygens (including phenoxy) is 1. The topological polar surface area (TPSA) is 105 Å². The summed E-state index contributed by atoms with van der Waals surface area (Å²) in [7, 11) is 1.43. The van der Waals surface area contributed by atoms with Gasteiger partial charge < -0.3 is 15.4 Å². The molecule has 0 aromatic heterocycles. The Morgan fingerprint density at radius 2 is 1.93 bits per heavy atom. The van der Waals surface area contributed by atoms with Crippen LogP contribution in [0.3, 0.4) is 0 Å². The first-order chi connectivity index (χ1) is 14.5. The van der Waals surface area contributed by atoms with Crippen molar-refractivity contribution in [2.75, 3.05) is 7.11 Å². The quantitative estimate of drug-likeness (QED) is 0.475. The highest BCUT2D eigenvalue weighted by Gasteiger charge is 2.45. The minimum atomic E-state index is -0.722. The van der Waals surface area contributed by atoms with Crippen molar-refractivity contribution in [2.24, 2.45) is 0 Å². The van der Waals surface area contributed by atoms with Crippen LogP contribution in [-0.4, -0.2) is 47.9 Å². The molecule has 30 heavy (non-hydrogen) atoms. The van der Waals surface area contributed by atoms with E-state index in [9.17, 15) is 19.2 Å². The molecule has 2 aliphatic heterocycles. The van der Waals surface area contributed by atoms with Gasteiger partial charge in [0.1, 0.15) is 0 Å². The molecule has 162 valence electrons. The summed E-state index contributed by atoms with van der Waals surface area (Å²) in [6.07, 6.45) is 4.51. The van der Waals surface area contributed by atoms with E-state index in [1.807, 2.05) is 0 Å². The molecule has 2 atom stereocenters. The summed E-state index contributed by atoms with van der Waals surface area (Å²) in [5, 5.41) is 5.55. The average Bonchev–Trinajstić information content (AvgIpc) is 2.99. The predicted octanol–water partition coefficient (Wildman–Crippen LogP) is 2.12. The third-order valence-corrected chi connectivity index (χ3v) is 5.63. The van der Waals surface area contributed by atoms with Gasteiger partial charge in [-0.15, -0.1) is 0 Å². The molecule has 0 saturated carbocycles. The fourth-order valence-electron chi connectivity index (χ4n) is 3.96. The van der Waals surface area contributed by atoms with Crippen molar-refractivity contribution in [1.82, 2.24) is 15.5 Å². The zero-order valence-electron chi connectivity index (χ0n) is 17.5. The number of rotatable bonds is 9. The van der Waals surface area contributed by atoms with Crippen molar-refractivity contribution in [3.63, 3.8) is 0 Å². The van der Waals surface area contributed by atoms with E-state index in [2.05, 4.69) is 17.6 Å². The van der Waals surface area contributed by atoms with E-state index in [0.717, 1.165) is 31.2 Å². The second kappa shape index (κ2) is 9.84. The second-order valence-corrected chi connectivity index (χ2v) is 7.78. The fourth-order valence-corrected chi connectivity index (χ4v) is 3.96. The van der Waals surface area contributed by atoms with Crippen molar-refractivity contribution in [2.45, 2.75) is 70.7 Å². The van der Waals surface area contributed by atoms with Gasteiger partial charge >= 0.3 is 0 Å². The fraction of sp³-hybridized carbons (Fsp3) is 0.545. The van der Waals surface area contributed by atoms with E-state index in [-0.39, 0.29) is 24.1 Å². The molecule has 1 fully saturated rings. The van der Waals surface area contributed by atoms with Gasteiger partial charge in [-0.05, 0) is 30.5 Å². The molecule has 2 N–H and O–H groups in total. The first kappa shape index (κ1) is 22.0. The second-order valence-electron chi connectivity index (χ2n) is 7.78. The van der Waals surface area contributed by atoms with Crippen LogP contribution in [0.25, 0.3) is 0 Å². The number of piperidine rings is 1. The van der Waals surface area contributed by atoms with Crippen LogP contribution in [-0.2, 0) is 20.9 Å². The number of methoxy groups -OCH3 is 1. The van der Waals surface area contributed by atoms with Gasteiger partial charge in [-0.2, -0.15) is 0 Å². The summed E-state index contributed by atoms with van der Waals surface area (Å²) >= 11 is 0. The van der Waals surface area contributed by atoms with Gasteiger partial charge in [-0.25, -0.2) is 0 Å². The maximum absolute atomic E-state index is 13.0. The SMILES string of the molecule is CCCCCCC(=O)NCc1ccc2c(c1)C(=O)N(C1CCC(=O)NC1OC)C2=O. The Morgan fingerprint density at radius 3 is 2.67 bits per heavy atom. The highest BCUT2D eigenvalue weighted by Crippen LogP contribution is 2.29. The van der Waals surface area contributed by atoms with Crippen LogP contribution < -0.4 is 10.6 Å².